The van der Waals surface area contributed by atoms with Gasteiger partial charge in [-0.05, 0) is 81.8 Å². The van der Waals surface area contributed by atoms with Crippen molar-refractivity contribution < 1.29 is 12.6 Å². The Hall–Kier alpha value is -2.15. The van der Waals surface area contributed by atoms with Gasteiger partial charge in [0.25, 0.3) is 0 Å². The number of aromatic nitrogens is 2. The van der Waals surface area contributed by atoms with Gasteiger partial charge in [0.05, 0.1) is 5.69 Å². The molecule has 3 saturated carbocycles. The highest BCUT2D eigenvalue weighted by Crippen LogP contribution is 2.56. The van der Waals surface area contributed by atoms with Crippen molar-refractivity contribution in [3.05, 3.63) is 41.1 Å². The van der Waals surface area contributed by atoms with Crippen LogP contribution in [0.1, 0.15) is 61.3 Å². The minimum atomic E-state index is -3.98. The molecule has 2 unspecified atom stereocenters. The lowest BCUT2D eigenvalue weighted by Crippen LogP contribution is -2.38. The highest BCUT2D eigenvalue weighted by molar-refractivity contribution is 7.87. The number of aryl methyl sites for hydroxylation is 1. The Labute approximate surface area is 172 Å². The Balaban J connectivity index is 1.56. The molecule has 7 heteroatoms. The van der Waals surface area contributed by atoms with E-state index in [1.165, 1.54) is 25.7 Å². The molecule has 1 aromatic carbocycles. The number of nitrogens with zero attached hydrogens (tertiary/aromatic N) is 2. The maximum absolute atomic E-state index is 12.9. The molecule has 2 N–H and O–H groups in total. The molecule has 0 radical (unpaired) electrons. The molecule has 6 rings (SSSR count). The SMILES string of the molecule is Cc1ccc(S(=O)(=O)Oc2nc(N)nc3c2CCCC2C4CCC(CC4)C32)cc1. The molecule has 4 aliphatic carbocycles. The summed E-state index contributed by atoms with van der Waals surface area (Å²) in [6.45, 7) is 1.91. The number of fused-ring (bicyclic) bond motifs is 3. The highest BCUT2D eigenvalue weighted by atomic mass is 32.2. The second-order valence-electron chi connectivity index (χ2n) is 8.86. The van der Waals surface area contributed by atoms with Crippen molar-refractivity contribution in [1.29, 1.82) is 0 Å². The average Bonchev–Trinajstić information content (AvgIpc) is 2.90. The molecule has 154 valence electrons. The Morgan fingerprint density at radius 3 is 2.41 bits per heavy atom. The number of nitrogens with two attached hydrogens (primary N) is 1. The normalized spacial score (nSPS) is 28.3. The molecule has 0 saturated heterocycles. The van der Waals surface area contributed by atoms with Crippen LogP contribution in [-0.4, -0.2) is 18.4 Å². The Kier molecular flexibility index (Phi) is 4.53. The van der Waals surface area contributed by atoms with E-state index in [9.17, 15) is 8.42 Å². The van der Waals surface area contributed by atoms with Crippen LogP contribution in [0.3, 0.4) is 0 Å². The monoisotopic (exact) mass is 413 g/mol. The van der Waals surface area contributed by atoms with E-state index < -0.39 is 10.1 Å². The van der Waals surface area contributed by atoms with Crippen LogP contribution in [0.4, 0.5) is 5.95 Å². The first-order chi connectivity index (χ1) is 13.9. The van der Waals surface area contributed by atoms with Gasteiger partial charge in [0.15, 0.2) is 0 Å². The molecule has 0 aliphatic heterocycles. The van der Waals surface area contributed by atoms with Crippen molar-refractivity contribution in [3.8, 4) is 5.88 Å². The number of benzene rings is 1. The Morgan fingerprint density at radius 2 is 1.69 bits per heavy atom. The van der Waals surface area contributed by atoms with E-state index in [2.05, 4.69) is 9.97 Å². The Bertz CT molecular complexity index is 1030. The van der Waals surface area contributed by atoms with Crippen LogP contribution < -0.4 is 9.92 Å². The third kappa shape index (κ3) is 3.29. The van der Waals surface area contributed by atoms with Crippen molar-refractivity contribution >= 4 is 16.1 Å². The number of hydrogen-bond acceptors (Lipinski definition) is 6. The molecule has 0 spiro atoms. The first-order valence-corrected chi connectivity index (χ1v) is 12.0. The van der Waals surface area contributed by atoms with E-state index in [1.54, 1.807) is 24.3 Å². The highest BCUT2D eigenvalue weighted by Gasteiger charge is 2.47. The molecule has 2 bridgehead atoms. The zero-order chi connectivity index (χ0) is 20.2. The molecular formula is C22H27N3O3S. The van der Waals surface area contributed by atoms with Gasteiger partial charge >= 0.3 is 10.1 Å². The number of hydrogen-bond donors (Lipinski definition) is 1. The summed E-state index contributed by atoms with van der Waals surface area (Å²) in [6.07, 6.45) is 7.98. The van der Waals surface area contributed by atoms with Crippen LogP contribution in [0.5, 0.6) is 5.88 Å². The Morgan fingerprint density at radius 1 is 1.00 bits per heavy atom. The molecule has 2 aromatic rings. The van der Waals surface area contributed by atoms with Crippen molar-refractivity contribution in [2.45, 2.75) is 62.7 Å². The molecule has 6 nitrogen and oxygen atoms in total. The van der Waals surface area contributed by atoms with Gasteiger partial charge in [-0.3, -0.25) is 0 Å². The quantitative estimate of drug-likeness (QED) is 0.765. The molecule has 0 amide bonds. The molecule has 3 fully saturated rings. The molecule has 2 atom stereocenters. The van der Waals surface area contributed by atoms with Crippen molar-refractivity contribution in [1.82, 2.24) is 9.97 Å². The zero-order valence-corrected chi connectivity index (χ0v) is 17.5. The lowest BCUT2D eigenvalue weighted by Gasteiger charge is -2.48. The lowest BCUT2D eigenvalue weighted by molar-refractivity contribution is 0.0619. The van der Waals surface area contributed by atoms with Gasteiger partial charge in [0, 0.05) is 11.5 Å². The first-order valence-electron chi connectivity index (χ1n) is 10.6. The standard InChI is InChI=1S/C22H27N3O3S/c1-13-5-11-16(12-6-13)29(26,27)28-21-18-4-2-3-17-14-7-9-15(10-8-14)19(17)20(18)24-22(23)25-21/h5-6,11-12,14-15,17,19H,2-4,7-10H2,1H3,(H2,23,24,25). The van der Waals surface area contributed by atoms with Crippen molar-refractivity contribution in [3.63, 3.8) is 0 Å². The number of anilines is 1. The summed E-state index contributed by atoms with van der Waals surface area (Å²) in [7, 11) is -3.98. The summed E-state index contributed by atoms with van der Waals surface area (Å²) < 4.78 is 31.3. The molecule has 1 heterocycles. The number of nitrogen functional groups attached to an aromatic ring is 1. The minimum Gasteiger partial charge on any atom is -0.368 e. The second kappa shape index (κ2) is 6.97. The third-order valence-electron chi connectivity index (χ3n) is 7.19. The van der Waals surface area contributed by atoms with Crippen LogP contribution in [0.25, 0.3) is 0 Å². The van der Waals surface area contributed by atoms with E-state index in [1.807, 2.05) is 6.92 Å². The molecule has 4 aliphatic rings. The summed E-state index contributed by atoms with van der Waals surface area (Å²) in [5.74, 6) is 2.56. The van der Waals surface area contributed by atoms with Crippen LogP contribution >= 0.6 is 0 Å². The van der Waals surface area contributed by atoms with Gasteiger partial charge in [-0.2, -0.15) is 13.4 Å². The predicted molar refractivity (Wildman–Crippen MR) is 110 cm³/mol. The van der Waals surface area contributed by atoms with Gasteiger partial charge in [-0.25, -0.2) is 4.98 Å². The topological polar surface area (TPSA) is 95.2 Å². The fraction of sp³-hybridized carbons (Fsp3) is 0.545. The van der Waals surface area contributed by atoms with Gasteiger partial charge in [0.2, 0.25) is 11.8 Å². The second-order valence-corrected chi connectivity index (χ2v) is 10.4. The summed E-state index contributed by atoms with van der Waals surface area (Å²) in [5.41, 5.74) is 8.81. The van der Waals surface area contributed by atoms with E-state index in [0.29, 0.717) is 17.8 Å². The van der Waals surface area contributed by atoms with E-state index in [0.717, 1.165) is 42.0 Å². The van der Waals surface area contributed by atoms with Crippen LogP contribution in [0, 0.1) is 24.7 Å². The van der Waals surface area contributed by atoms with Gasteiger partial charge in [-0.1, -0.05) is 17.7 Å². The molecule has 29 heavy (non-hydrogen) atoms. The number of rotatable bonds is 3. The summed E-state index contributed by atoms with van der Waals surface area (Å²) in [6, 6.07) is 6.64. The van der Waals surface area contributed by atoms with E-state index in [-0.39, 0.29) is 16.7 Å². The van der Waals surface area contributed by atoms with Gasteiger partial charge < -0.3 is 9.92 Å². The summed E-state index contributed by atoms with van der Waals surface area (Å²) in [5, 5.41) is 0. The molecule has 1 aromatic heterocycles. The van der Waals surface area contributed by atoms with Gasteiger partial charge in [-0.15, -0.1) is 0 Å². The average molecular weight is 414 g/mol. The predicted octanol–water partition coefficient (Wildman–Crippen LogP) is 3.99. The minimum absolute atomic E-state index is 0.0972. The van der Waals surface area contributed by atoms with Crippen LogP contribution in [0.2, 0.25) is 0 Å². The largest absolute Gasteiger partial charge is 0.368 e. The third-order valence-corrected chi connectivity index (χ3v) is 8.41. The summed E-state index contributed by atoms with van der Waals surface area (Å²) >= 11 is 0. The van der Waals surface area contributed by atoms with Crippen LogP contribution in [-0.2, 0) is 16.5 Å². The van der Waals surface area contributed by atoms with Gasteiger partial charge in [0.1, 0.15) is 4.90 Å². The maximum Gasteiger partial charge on any atom is 0.340 e. The molecular weight excluding hydrogens is 386 g/mol. The van der Waals surface area contributed by atoms with Crippen molar-refractivity contribution in [2.24, 2.45) is 17.8 Å². The summed E-state index contributed by atoms with van der Waals surface area (Å²) in [4.78, 5) is 8.99. The first kappa shape index (κ1) is 18.9. The fourth-order valence-corrected chi connectivity index (χ4v) is 6.78. The maximum atomic E-state index is 12.9. The smallest absolute Gasteiger partial charge is 0.340 e. The fourth-order valence-electron chi connectivity index (χ4n) is 5.86. The van der Waals surface area contributed by atoms with Crippen LogP contribution in [0.15, 0.2) is 29.2 Å². The lowest BCUT2D eigenvalue weighted by atomic mass is 9.57. The zero-order valence-electron chi connectivity index (χ0n) is 16.7. The van der Waals surface area contributed by atoms with E-state index in [4.69, 9.17) is 9.92 Å². The van der Waals surface area contributed by atoms with Crippen molar-refractivity contribution in [2.75, 3.05) is 5.73 Å². The van der Waals surface area contributed by atoms with E-state index >= 15 is 0 Å².